The molecule has 1 aromatic heterocycles. The van der Waals surface area contributed by atoms with Gasteiger partial charge in [-0.2, -0.15) is 23.8 Å². The molecule has 1 fully saturated rings. The second-order valence-electron chi connectivity index (χ2n) is 7.04. The van der Waals surface area contributed by atoms with Gasteiger partial charge >= 0.3 is 12.6 Å². The maximum absolute atomic E-state index is 12.6. The summed E-state index contributed by atoms with van der Waals surface area (Å²) in [6, 6.07) is 13.2. The number of anilines is 1. The number of carbonyl (C=O) groups is 1. The Kier molecular flexibility index (Phi) is 6.08. The van der Waals surface area contributed by atoms with E-state index in [1.165, 1.54) is 16.9 Å². The molecule has 162 valence electrons. The van der Waals surface area contributed by atoms with Gasteiger partial charge in [0.1, 0.15) is 11.9 Å². The van der Waals surface area contributed by atoms with Crippen molar-refractivity contribution in [2.75, 3.05) is 18.1 Å². The molecule has 8 nitrogen and oxygen atoms in total. The van der Waals surface area contributed by atoms with Crippen molar-refractivity contribution in [3.8, 4) is 11.4 Å². The van der Waals surface area contributed by atoms with Crippen molar-refractivity contribution in [1.29, 1.82) is 0 Å². The predicted molar refractivity (Wildman–Crippen MR) is 107 cm³/mol. The Morgan fingerprint density at radius 2 is 1.71 bits per heavy atom. The molecule has 0 spiro atoms. The number of hydrogen-bond acceptors (Lipinski definition) is 6. The molecular formula is C21H20F2N4O4. The van der Waals surface area contributed by atoms with Crippen LogP contribution < -0.4 is 9.64 Å². The highest BCUT2D eigenvalue weighted by Crippen LogP contribution is 2.29. The molecule has 1 saturated heterocycles. The van der Waals surface area contributed by atoms with Gasteiger partial charge in [0.25, 0.3) is 0 Å². The van der Waals surface area contributed by atoms with Crippen molar-refractivity contribution in [1.82, 2.24) is 15.0 Å². The summed E-state index contributed by atoms with van der Waals surface area (Å²) >= 11 is 0. The summed E-state index contributed by atoms with van der Waals surface area (Å²) in [5.74, 6) is -0.391. The number of aromatic nitrogens is 3. The van der Waals surface area contributed by atoms with Crippen molar-refractivity contribution in [2.45, 2.75) is 25.2 Å². The summed E-state index contributed by atoms with van der Waals surface area (Å²) in [6.45, 7) is -2.58. The molecule has 0 bridgehead atoms. The smallest absolute Gasteiger partial charge is 0.345 e. The van der Waals surface area contributed by atoms with E-state index in [1.807, 2.05) is 17.0 Å². The molecule has 4 rings (SSSR count). The maximum atomic E-state index is 12.6. The number of hydrogen-bond donors (Lipinski definition) is 1. The van der Waals surface area contributed by atoms with Crippen LogP contribution >= 0.6 is 0 Å². The lowest BCUT2D eigenvalue weighted by molar-refractivity contribution is -0.131. The third-order valence-corrected chi connectivity index (χ3v) is 5.03. The van der Waals surface area contributed by atoms with Gasteiger partial charge in [0, 0.05) is 12.1 Å². The van der Waals surface area contributed by atoms with Gasteiger partial charge in [-0.3, -0.25) is 0 Å². The number of ether oxygens (including phenoxy) is 2. The first-order valence-electron chi connectivity index (χ1n) is 9.63. The fourth-order valence-corrected chi connectivity index (χ4v) is 3.61. The van der Waals surface area contributed by atoms with Gasteiger partial charge in [0.05, 0.1) is 42.8 Å². The van der Waals surface area contributed by atoms with E-state index in [1.54, 1.807) is 36.7 Å². The van der Waals surface area contributed by atoms with E-state index >= 15 is 0 Å². The van der Waals surface area contributed by atoms with Crippen molar-refractivity contribution < 1.29 is 28.2 Å². The molecule has 2 aromatic carbocycles. The highest BCUT2D eigenvalue weighted by atomic mass is 19.3. The average Bonchev–Trinajstić information content (AvgIpc) is 3.43. The molecule has 2 atom stereocenters. The fraction of sp³-hybridized carbons (Fsp3) is 0.286. The number of rotatable bonds is 8. The van der Waals surface area contributed by atoms with E-state index in [4.69, 9.17) is 9.84 Å². The lowest BCUT2D eigenvalue weighted by Crippen LogP contribution is -2.34. The lowest BCUT2D eigenvalue weighted by Gasteiger charge is -2.26. The number of carboxylic acids is 1. The zero-order chi connectivity index (χ0) is 21.8. The van der Waals surface area contributed by atoms with Gasteiger partial charge in [-0.25, -0.2) is 4.79 Å². The Hall–Kier alpha value is -3.53. The van der Waals surface area contributed by atoms with Crippen LogP contribution in [0.1, 0.15) is 16.8 Å². The minimum atomic E-state index is -2.86. The SMILES string of the molecule is O=C(O)c1ccc(N2C[C@@H](Oc3ccc(-n4nccn4)cc3)C[C@H]2COC(F)F)cc1. The highest BCUT2D eigenvalue weighted by Gasteiger charge is 2.34. The zero-order valence-corrected chi connectivity index (χ0v) is 16.3. The van der Waals surface area contributed by atoms with E-state index in [2.05, 4.69) is 14.9 Å². The number of alkyl halides is 2. The Balaban J connectivity index is 1.46. The topological polar surface area (TPSA) is 89.7 Å². The van der Waals surface area contributed by atoms with Crippen LogP contribution in [0.5, 0.6) is 5.75 Å². The summed E-state index contributed by atoms with van der Waals surface area (Å²) in [5, 5.41) is 17.2. The molecule has 2 heterocycles. The van der Waals surface area contributed by atoms with Crippen LogP contribution in [0.3, 0.4) is 0 Å². The first-order valence-corrected chi connectivity index (χ1v) is 9.63. The van der Waals surface area contributed by atoms with Gasteiger partial charge in [-0.1, -0.05) is 0 Å². The van der Waals surface area contributed by atoms with Crippen LogP contribution in [0.25, 0.3) is 5.69 Å². The second kappa shape index (κ2) is 9.09. The Bertz CT molecular complexity index is 997. The largest absolute Gasteiger partial charge is 0.489 e. The molecular weight excluding hydrogens is 410 g/mol. The Labute approximate surface area is 176 Å². The van der Waals surface area contributed by atoms with Gasteiger partial charge < -0.3 is 19.5 Å². The quantitative estimate of drug-likeness (QED) is 0.587. The lowest BCUT2D eigenvalue weighted by atomic mass is 10.1. The molecule has 0 radical (unpaired) electrons. The van der Waals surface area contributed by atoms with Crippen LogP contribution in [-0.4, -0.2) is 58.0 Å². The number of halogens is 2. The third kappa shape index (κ3) is 4.97. The number of carboxylic acid groups (broad SMARTS) is 1. The number of nitrogens with zero attached hydrogens (tertiary/aromatic N) is 4. The molecule has 31 heavy (non-hydrogen) atoms. The van der Waals surface area contributed by atoms with Crippen molar-refractivity contribution >= 4 is 11.7 Å². The third-order valence-electron chi connectivity index (χ3n) is 5.03. The van der Waals surface area contributed by atoms with E-state index in [0.29, 0.717) is 18.7 Å². The molecule has 0 aliphatic carbocycles. The molecule has 0 saturated carbocycles. The van der Waals surface area contributed by atoms with Crippen LogP contribution in [0.15, 0.2) is 60.9 Å². The van der Waals surface area contributed by atoms with Crippen molar-refractivity contribution in [3.63, 3.8) is 0 Å². The molecule has 0 unspecified atom stereocenters. The Morgan fingerprint density at radius 1 is 1.06 bits per heavy atom. The van der Waals surface area contributed by atoms with Gasteiger partial charge in [-0.15, -0.1) is 0 Å². The standard InChI is InChI=1S/C21H20F2N4O4/c22-21(23)30-13-17-11-19(12-26(17)15-3-1-14(2-4-15)20(28)29)31-18-7-5-16(6-8-18)27-24-9-10-25-27/h1-10,17,19,21H,11-13H2,(H,28,29)/t17-,19-/m0/s1. The van der Waals surface area contributed by atoms with E-state index in [-0.39, 0.29) is 24.3 Å². The number of benzene rings is 2. The molecule has 1 N–H and O–H groups in total. The first kappa shape index (κ1) is 20.7. The zero-order valence-electron chi connectivity index (χ0n) is 16.3. The monoisotopic (exact) mass is 430 g/mol. The number of aromatic carboxylic acids is 1. The summed E-state index contributed by atoms with van der Waals surface area (Å²) in [4.78, 5) is 14.5. The van der Waals surface area contributed by atoms with E-state index < -0.39 is 12.6 Å². The van der Waals surface area contributed by atoms with Crippen LogP contribution in [0, 0.1) is 0 Å². The van der Waals surface area contributed by atoms with Crippen LogP contribution in [-0.2, 0) is 4.74 Å². The minimum absolute atomic E-state index is 0.155. The predicted octanol–water partition coefficient (Wildman–Crippen LogP) is 3.23. The molecule has 3 aromatic rings. The van der Waals surface area contributed by atoms with Crippen molar-refractivity contribution in [2.24, 2.45) is 0 Å². The second-order valence-corrected chi connectivity index (χ2v) is 7.04. The van der Waals surface area contributed by atoms with Gasteiger partial charge in [0.15, 0.2) is 0 Å². The summed E-state index contributed by atoms with van der Waals surface area (Å²) in [7, 11) is 0. The molecule has 1 aliphatic heterocycles. The van der Waals surface area contributed by atoms with Crippen molar-refractivity contribution in [3.05, 3.63) is 66.5 Å². The first-order chi connectivity index (χ1) is 15.0. The highest BCUT2D eigenvalue weighted by molar-refractivity contribution is 5.88. The minimum Gasteiger partial charge on any atom is -0.489 e. The molecule has 0 amide bonds. The summed E-state index contributed by atoms with van der Waals surface area (Å²) in [6.07, 6.45) is 3.40. The van der Waals surface area contributed by atoms with E-state index in [9.17, 15) is 13.6 Å². The summed E-state index contributed by atoms with van der Waals surface area (Å²) < 4.78 is 35.8. The van der Waals surface area contributed by atoms with Crippen LogP contribution in [0.4, 0.5) is 14.5 Å². The molecule has 1 aliphatic rings. The Morgan fingerprint density at radius 3 is 2.32 bits per heavy atom. The fourth-order valence-electron chi connectivity index (χ4n) is 3.61. The average molecular weight is 430 g/mol. The molecule has 10 heteroatoms. The van der Waals surface area contributed by atoms with Crippen LogP contribution in [0.2, 0.25) is 0 Å². The van der Waals surface area contributed by atoms with Gasteiger partial charge in [-0.05, 0) is 48.5 Å². The maximum Gasteiger partial charge on any atom is 0.345 e. The van der Waals surface area contributed by atoms with Gasteiger partial charge in [0.2, 0.25) is 0 Å². The summed E-state index contributed by atoms with van der Waals surface area (Å²) in [5.41, 5.74) is 1.66. The normalized spacial score (nSPS) is 18.5. The van der Waals surface area contributed by atoms with E-state index in [0.717, 1.165) is 11.4 Å².